The van der Waals surface area contributed by atoms with Crippen LogP contribution in [-0.4, -0.2) is 81.4 Å². The summed E-state index contributed by atoms with van der Waals surface area (Å²) in [6, 6.07) is 0. The highest BCUT2D eigenvalue weighted by Gasteiger charge is 2.38. The second-order valence-electron chi connectivity index (χ2n) is 8.89. The highest BCUT2D eigenvalue weighted by Crippen LogP contribution is 2.29. The van der Waals surface area contributed by atoms with Crippen LogP contribution in [0.25, 0.3) is 0 Å². The van der Waals surface area contributed by atoms with Crippen molar-refractivity contribution < 1.29 is 30.0 Å². The molecular weight excluding hydrogens is 350 g/mol. The van der Waals surface area contributed by atoms with Gasteiger partial charge in [0.1, 0.15) is 12.2 Å². The summed E-state index contributed by atoms with van der Waals surface area (Å²) in [4.78, 5) is 14.3. The molecule has 3 unspecified atom stereocenters. The fraction of sp³-hybridized carbons (Fsp3) is 0.950. The van der Waals surface area contributed by atoms with Crippen LogP contribution in [0.5, 0.6) is 0 Å². The average Bonchev–Trinajstić information content (AvgIpc) is 2.56. The number of hydrogen-bond donors (Lipinski definition) is 4. The Labute approximate surface area is 163 Å². The van der Waals surface area contributed by atoms with Crippen LogP contribution in [0.1, 0.15) is 53.9 Å². The minimum absolute atomic E-state index is 0.0681. The highest BCUT2D eigenvalue weighted by atomic mass is 16.6. The third-order valence-electron chi connectivity index (χ3n) is 5.63. The normalized spacial score (nSPS) is 44.2. The fourth-order valence-electron chi connectivity index (χ4n) is 4.23. The minimum Gasteiger partial charge on any atom is -0.459 e. The third-order valence-corrected chi connectivity index (χ3v) is 5.63. The van der Waals surface area contributed by atoms with E-state index in [1.807, 2.05) is 25.8 Å². The van der Waals surface area contributed by atoms with Crippen molar-refractivity contribution in [3.05, 3.63) is 0 Å². The zero-order valence-electron chi connectivity index (χ0n) is 17.6. The van der Waals surface area contributed by atoms with Gasteiger partial charge in [0.15, 0.2) is 0 Å². The van der Waals surface area contributed by atoms with Crippen LogP contribution in [0.4, 0.5) is 0 Å². The van der Waals surface area contributed by atoms with Crippen molar-refractivity contribution in [2.45, 2.75) is 83.9 Å². The van der Waals surface area contributed by atoms with Gasteiger partial charge >= 0.3 is 5.97 Å². The largest absolute Gasteiger partial charge is 0.459 e. The Morgan fingerprint density at radius 3 is 2.33 bits per heavy atom. The van der Waals surface area contributed by atoms with Crippen LogP contribution in [-0.2, 0) is 9.53 Å². The number of aliphatic hydroxyl groups excluding tert-OH is 3. The first-order chi connectivity index (χ1) is 12.4. The van der Waals surface area contributed by atoms with Gasteiger partial charge in [-0.25, -0.2) is 0 Å². The van der Waals surface area contributed by atoms with E-state index in [4.69, 9.17) is 4.74 Å². The molecule has 0 bridgehead atoms. The summed E-state index contributed by atoms with van der Waals surface area (Å²) in [5, 5.41) is 42.2. The molecule has 27 heavy (non-hydrogen) atoms. The second-order valence-corrected chi connectivity index (χ2v) is 8.89. The first-order valence-corrected chi connectivity index (χ1v) is 10.0. The molecule has 0 amide bonds. The van der Waals surface area contributed by atoms with Crippen molar-refractivity contribution in [3.8, 4) is 0 Å². The number of carbonyl (C=O) groups is 1. The Kier molecular flexibility index (Phi) is 9.15. The molecule has 1 aliphatic heterocycles. The lowest BCUT2D eigenvalue weighted by Gasteiger charge is -2.36. The predicted octanol–water partition coefficient (Wildman–Crippen LogP) is 0.776. The molecule has 0 aromatic carbocycles. The van der Waals surface area contributed by atoms with Crippen LogP contribution in [0.3, 0.4) is 0 Å². The maximum absolute atomic E-state index is 12.4. The molecular formula is C20H39NO6. The number of β-amino-alcohol motifs (C(OH)–C–C–N with tert-alkyl or cyclic N) is 1. The number of aliphatic hydroxyl groups is 4. The van der Waals surface area contributed by atoms with E-state index in [2.05, 4.69) is 0 Å². The maximum atomic E-state index is 12.4. The van der Waals surface area contributed by atoms with E-state index in [9.17, 15) is 25.2 Å². The van der Waals surface area contributed by atoms with Crippen molar-refractivity contribution in [2.75, 3.05) is 20.1 Å². The van der Waals surface area contributed by atoms with Gasteiger partial charge in [-0.1, -0.05) is 27.7 Å². The van der Waals surface area contributed by atoms with Gasteiger partial charge in [-0.2, -0.15) is 0 Å². The van der Waals surface area contributed by atoms with Gasteiger partial charge in [0.05, 0.1) is 23.7 Å². The highest BCUT2D eigenvalue weighted by molar-refractivity contribution is 5.72. The van der Waals surface area contributed by atoms with Crippen molar-refractivity contribution in [2.24, 2.45) is 17.8 Å². The molecule has 1 heterocycles. The van der Waals surface area contributed by atoms with Crippen LogP contribution in [0.15, 0.2) is 0 Å². The van der Waals surface area contributed by atoms with Gasteiger partial charge in [-0.15, -0.1) is 0 Å². The Bertz CT molecular complexity index is 471. The van der Waals surface area contributed by atoms with E-state index < -0.39 is 41.9 Å². The summed E-state index contributed by atoms with van der Waals surface area (Å²) in [6.07, 6.45) is -2.83. The monoisotopic (exact) mass is 389 g/mol. The number of ether oxygens (including phenoxy) is 1. The van der Waals surface area contributed by atoms with Gasteiger partial charge in [-0.3, -0.25) is 4.79 Å². The average molecular weight is 390 g/mol. The summed E-state index contributed by atoms with van der Waals surface area (Å²) >= 11 is 0. The Morgan fingerprint density at radius 2 is 1.78 bits per heavy atom. The molecule has 1 saturated heterocycles. The van der Waals surface area contributed by atoms with Crippen molar-refractivity contribution in [1.29, 1.82) is 0 Å². The lowest BCUT2D eigenvalue weighted by molar-refractivity contribution is -0.166. The van der Waals surface area contributed by atoms with E-state index in [1.165, 1.54) is 0 Å². The lowest BCUT2D eigenvalue weighted by atomic mass is 9.80. The lowest BCUT2D eigenvalue weighted by Crippen LogP contribution is -2.47. The number of esters is 1. The molecule has 7 heteroatoms. The zero-order valence-corrected chi connectivity index (χ0v) is 17.6. The molecule has 0 aromatic rings. The van der Waals surface area contributed by atoms with Crippen molar-refractivity contribution in [3.63, 3.8) is 0 Å². The van der Waals surface area contributed by atoms with Gasteiger partial charge < -0.3 is 30.1 Å². The molecule has 0 saturated carbocycles. The van der Waals surface area contributed by atoms with Crippen molar-refractivity contribution in [1.82, 2.24) is 4.90 Å². The third kappa shape index (κ3) is 6.98. The Balaban J connectivity index is 3.08. The van der Waals surface area contributed by atoms with Gasteiger partial charge in [0.25, 0.3) is 0 Å². The van der Waals surface area contributed by atoms with E-state index in [0.717, 1.165) is 0 Å². The molecule has 1 aliphatic rings. The molecule has 0 aliphatic carbocycles. The number of likely N-dealkylation sites (N-methyl/N-ethyl adjacent to an activating group) is 1. The Morgan fingerprint density at radius 1 is 1.19 bits per heavy atom. The van der Waals surface area contributed by atoms with Gasteiger partial charge in [-0.05, 0) is 45.1 Å². The first kappa shape index (κ1) is 24.3. The summed E-state index contributed by atoms with van der Waals surface area (Å²) in [5.41, 5.74) is -1.28. The molecule has 1 fully saturated rings. The molecule has 0 spiro atoms. The fourth-order valence-corrected chi connectivity index (χ4v) is 4.23. The molecule has 1 rings (SSSR count). The van der Waals surface area contributed by atoms with Crippen LogP contribution in [0, 0.1) is 17.8 Å². The van der Waals surface area contributed by atoms with Crippen LogP contribution >= 0.6 is 0 Å². The number of cyclic esters (lactones) is 1. The van der Waals surface area contributed by atoms with E-state index in [0.29, 0.717) is 25.8 Å². The maximum Gasteiger partial charge on any atom is 0.309 e. The molecule has 8 atom stereocenters. The van der Waals surface area contributed by atoms with E-state index in [-0.39, 0.29) is 18.4 Å². The minimum atomic E-state index is -1.28. The van der Waals surface area contributed by atoms with Gasteiger partial charge in [0.2, 0.25) is 0 Å². The molecule has 4 N–H and O–H groups in total. The topological polar surface area (TPSA) is 110 Å². The van der Waals surface area contributed by atoms with Crippen LogP contribution < -0.4 is 0 Å². The number of hydrogen-bond acceptors (Lipinski definition) is 7. The zero-order chi connectivity index (χ0) is 20.9. The molecule has 7 nitrogen and oxygen atoms in total. The quantitative estimate of drug-likeness (QED) is 0.491. The summed E-state index contributed by atoms with van der Waals surface area (Å²) in [6.45, 7) is 9.73. The summed E-state index contributed by atoms with van der Waals surface area (Å²) in [5.74, 6) is -1.19. The smallest absolute Gasteiger partial charge is 0.309 e. The molecule has 0 radical (unpaired) electrons. The van der Waals surface area contributed by atoms with E-state index in [1.54, 1.807) is 20.8 Å². The summed E-state index contributed by atoms with van der Waals surface area (Å²) in [7, 11) is 1.83. The number of rotatable bonds is 1. The van der Waals surface area contributed by atoms with Crippen molar-refractivity contribution >= 4 is 5.97 Å². The van der Waals surface area contributed by atoms with E-state index >= 15 is 0 Å². The first-order valence-electron chi connectivity index (χ1n) is 10.0. The number of nitrogens with zero attached hydrogens (tertiary/aromatic N) is 1. The summed E-state index contributed by atoms with van der Waals surface area (Å²) < 4.78 is 5.45. The SMILES string of the molecule is CC[C@H]1OC(=O)C(C)C[C@H](C)[C@@H](O)C(C)(O)C[C@@H](C)CN(C)C[C@@H](O)C1O. The Hall–Kier alpha value is -0.730. The number of carbonyl (C=O) groups excluding carboxylic acids is 1. The molecule has 160 valence electrons. The predicted molar refractivity (Wildman–Crippen MR) is 103 cm³/mol. The van der Waals surface area contributed by atoms with Gasteiger partial charge in [0, 0.05) is 13.1 Å². The molecule has 0 aromatic heterocycles. The second kappa shape index (κ2) is 10.2. The van der Waals surface area contributed by atoms with Crippen LogP contribution in [0.2, 0.25) is 0 Å². The standard InChI is InChI=1S/C20H39NO6/c1-7-16-17(23)15(22)11-21(6)10-12(2)9-20(5,26)18(24)13(3)8-14(4)19(25)27-16/h12-18,22-24,26H,7-11H2,1-6H3/t12-,13+,14?,15-,16-,17?,18-,20?/m1/s1.